The second kappa shape index (κ2) is 67.6. The molecule has 80 heavy (non-hydrogen) atoms. The van der Waals surface area contributed by atoms with Crippen LogP contribution in [0, 0.1) is 0 Å². The number of rotatable bonds is 61. The SMILES string of the molecule is CC/C=C\C/C=C\C/C=C\C/C=C\C/C=C\C/C=C\C/C=C\C/C=C\C/C=C\CCCC(=O)OCC(COC(=O)CCCCCCCCCCC)OC(=O)CCCCCCCCCCCCCCCCCCCCCCCCCC. The summed E-state index contributed by atoms with van der Waals surface area (Å²) in [4.78, 5) is 38.2. The van der Waals surface area contributed by atoms with Gasteiger partial charge in [-0.3, -0.25) is 14.4 Å². The van der Waals surface area contributed by atoms with E-state index in [1.807, 2.05) is 0 Å². The molecule has 1 unspecified atom stereocenters. The molecule has 0 saturated carbocycles. The number of ether oxygens (including phenoxy) is 3. The van der Waals surface area contributed by atoms with Crippen molar-refractivity contribution < 1.29 is 28.6 Å². The number of esters is 3. The fraction of sp³-hybridized carbons (Fsp3) is 0.716. The highest BCUT2D eigenvalue weighted by atomic mass is 16.6. The quantitative estimate of drug-likeness (QED) is 0.0261. The number of hydrogen-bond donors (Lipinski definition) is 0. The number of carbonyl (C=O) groups excluding carboxylic acids is 3. The standard InChI is InChI=1S/C74H126O6/c1-4-7-10-13-16-19-21-23-25-27-29-31-33-35-36-37-38-39-41-42-44-46-48-50-52-55-58-61-64-67-73(76)79-70-71(69-78-72(75)66-63-60-57-54-18-15-12-9-6-3)80-74(77)68-65-62-59-56-53-51-49-47-45-43-40-34-32-30-28-26-24-22-20-17-14-11-8-5-2/h7,10,16,19,23,25,29,31,35-36,38-39,42,44,48,50,55,58,71H,4-6,8-9,11-15,17-18,20-22,24,26-28,30,32-34,37,40-41,43,45-47,49,51-54,56-57,59-70H2,1-3H3/b10-7-,19-16-,25-23-,31-29-,36-35-,39-38-,44-42-,50-48-,58-55-. The van der Waals surface area contributed by atoms with Crippen LogP contribution in [0.4, 0.5) is 0 Å². The van der Waals surface area contributed by atoms with Crippen LogP contribution in [-0.4, -0.2) is 37.2 Å². The van der Waals surface area contributed by atoms with E-state index in [2.05, 4.69) is 130 Å². The van der Waals surface area contributed by atoms with Gasteiger partial charge in [-0.2, -0.15) is 0 Å². The third kappa shape index (κ3) is 64.9. The van der Waals surface area contributed by atoms with Crippen molar-refractivity contribution in [2.75, 3.05) is 13.2 Å². The molecule has 0 fully saturated rings. The first kappa shape index (κ1) is 76.1. The second-order valence-corrected chi connectivity index (χ2v) is 22.4. The zero-order valence-electron chi connectivity index (χ0n) is 52.6. The average molecular weight is 1110 g/mol. The Morgan fingerprint density at radius 3 is 0.762 bits per heavy atom. The van der Waals surface area contributed by atoms with Crippen LogP contribution in [-0.2, 0) is 28.6 Å². The maximum absolute atomic E-state index is 12.9. The Hall–Kier alpha value is -3.93. The third-order valence-corrected chi connectivity index (χ3v) is 14.5. The van der Waals surface area contributed by atoms with E-state index in [0.29, 0.717) is 19.3 Å². The van der Waals surface area contributed by atoms with Gasteiger partial charge >= 0.3 is 17.9 Å². The van der Waals surface area contributed by atoms with Crippen LogP contribution in [0.5, 0.6) is 0 Å². The topological polar surface area (TPSA) is 78.9 Å². The van der Waals surface area contributed by atoms with Crippen molar-refractivity contribution >= 4 is 17.9 Å². The lowest BCUT2D eigenvalue weighted by molar-refractivity contribution is -0.167. The average Bonchev–Trinajstić information content (AvgIpc) is 3.46. The van der Waals surface area contributed by atoms with Gasteiger partial charge in [-0.25, -0.2) is 0 Å². The van der Waals surface area contributed by atoms with Crippen molar-refractivity contribution in [3.05, 3.63) is 109 Å². The van der Waals surface area contributed by atoms with E-state index in [-0.39, 0.29) is 37.5 Å². The van der Waals surface area contributed by atoms with Crippen LogP contribution >= 0.6 is 0 Å². The normalized spacial score (nSPS) is 12.8. The number of carbonyl (C=O) groups is 3. The summed E-state index contributed by atoms with van der Waals surface area (Å²) in [5.41, 5.74) is 0. The van der Waals surface area contributed by atoms with Crippen molar-refractivity contribution in [1.29, 1.82) is 0 Å². The molecule has 0 radical (unpaired) electrons. The van der Waals surface area contributed by atoms with Crippen LogP contribution < -0.4 is 0 Å². The van der Waals surface area contributed by atoms with Gasteiger partial charge in [0.2, 0.25) is 0 Å². The molecule has 0 aliphatic rings. The molecule has 0 amide bonds. The zero-order chi connectivity index (χ0) is 57.8. The molecular formula is C74H126O6. The van der Waals surface area contributed by atoms with Gasteiger partial charge in [-0.15, -0.1) is 0 Å². The summed E-state index contributed by atoms with van der Waals surface area (Å²) in [5.74, 6) is -0.947. The molecule has 0 spiro atoms. The van der Waals surface area contributed by atoms with E-state index >= 15 is 0 Å². The van der Waals surface area contributed by atoms with E-state index in [1.165, 1.54) is 173 Å². The van der Waals surface area contributed by atoms with Gasteiger partial charge in [-0.1, -0.05) is 329 Å². The molecule has 0 heterocycles. The summed E-state index contributed by atoms with van der Waals surface area (Å²) < 4.78 is 16.9. The van der Waals surface area contributed by atoms with Crippen LogP contribution in [0.2, 0.25) is 0 Å². The maximum atomic E-state index is 12.9. The van der Waals surface area contributed by atoms with E-state index < -0.39 is 6.10 Å². The molecule has 1 atom stereocenters. The minimum absolute atomic E-state index is 0.0930. The van der Waals surface area contributed by atoms with Gasteiger partial charge in [0.05, 0.1) is 0 Å². The largest absolute Gasteiger partial charge is 0.462 e. The summed E-state index contributed by atoms with van der Waals surface area (Å²) in [6.45, 7) is 6.49. The molecule has 0 aromatic carbocycles. The molecule has 0 bridgehead atoms. The molecule has 6 heteroatoms. The highest BCUT2D eigenvalue weighted by Crippen LogP contribution is 2.17. The molecule has 458 valence electrons. The lowest BCUT2D eigenvalue weighted by atomic mass is 10.0. The van der Waals surface area contributed by atoms with E-state index in [1.54, 1.807) is 0 Å². The Morgan fingerprint density at radius 2 is 0.487 bits per heavy atom. The Kier molecular flexibility index (Phi) is 64.3. The lowest BCUT2D eigenvalue weighted by Gasteiger charge is -2.18. The van der Waals surface area contributed by atoms with Crippen molar-refractivity contribution in [1.82, 2.24) is 0 Å². The van der Waals surface area contributed by atoms with Gasteiger partial charge in [-0.05, 0) is 83.5 Å². The number of hydrogen-bond acceptors (Lipinski definition) is 6. The summed E-state index contributed by atoms with van der Waals surface area (Å²) in [7, 11) is 0. The fourth-order valence-electron chi connectivity index (χ4n) is 9.51. The first-order chi connectivity index (χ1) is 39.5. The molecule has 0 rings (SSSR count). The number of allylic oxidation sites excluding steroid dienone is 18. The van der Waals surface area contributed by atoms with Crippen molar-refractivity contribution in [2.45, 2.75) is 329 Å². The van der Waals surface area contributed by atoms with Gasteiger partial charge < -0.3 is 14.2 Å². The minimum atomic E-state index is -0.800. The third-order valence-electron chi connectivity index (χ3n) is 14.5. The molecular weight excluding hydrogens is 985 g/mol. The Balaban J connectivity index is 4.29. The Bertz CT molecular complexity index is 1610. The van der Waals surface area contributed by atoms with Crippen LogP contribution in [0.3, 0.4) is 0 Å². The van der Waals surface area contributed by atoms with E-state index in [9.17, 15) is 14.4 Å². The monoisotopic (exact) mass is 1110 g/mol. The predicted molar refractivity (Wildman–Crippen MR) is 348 cm³/mol. The first-order valence-corrected chi connectivity index (χ1v) is 33.9. The van der Waals surface area contributed by atoms with E-state index in [4.69, 9.17) is 14.2 Å². The van der Waals surface area contributed by atoms with Crippen LogP contribution in [0.1, 0.15) is 323 Å². The van der Waals surface area contributed by atoms with Crippen molar-refractivity contribution in [3.63, 3.8) is 0 Å². The smallest absolute Gasteiger partial charge is 0.306 e. The maximum Gasteiger partial charge on any atom is 0.306 e. The van der Waals surface area contributed by atoms with Gasteiger partial charge in [0.1, 0.15) is 13.2 Å². The summed E-state index contributed by atoms with van der Waals surface area (Å²) in [5, 5.41) is 0. The summed E-state index contributed by atoms with van der Waals surface area (Å²) in [6.07, 6.45) is 92.7. The molecule has 0 aromatic heterocycles. The lowest BCUT2D eigenvalue weighted by Crippen LogP contribution is -2.30. The molecule has 0 aliphatic heterocycles. The molecule has 0 aliphatic carbocycles. The van der Waals surface area contributed by atoms with Crippen molar-refractivity contribution in [3.8, 4) is 0 Å². The Labute approximate surface area is 495 Å². The Morgan fingerprint density at radius 1 is 0.263 bits per heavy atom. The van der Waals surface area contributed by atoms with Gasteiger partial charge in [0, 0.05) is 19.3 Å². The summed E-state index contributed by atoms with van der Waals surface area (Å²) in [6, 6.07) is 0. The first-order valence-electron chi connectivity index (χ1n) is 33.9. The van der Waals surface area contributed by atoms with E-state index in [0.717, 1.165) is 103 Å². The fourth-order valence-corrected chi connectivity index (χ4v) is 9.51. The van der Waals surface area contributed by atoms with Gasteiger partial charge in [0.25, 0.3) is 0 Å². The van der Waals surface area contributed by atoms with Crippen molar-refractivity contribution in [2.24, 2.45) is 0 Å². The zero-order valence-corrected chi connectivity index (χ0v) is 52.6. The van der Waals surface area contributed by atoms with Gasteiger partial charge in [0.15, 0.2) is 6.10 Å². The highest BCUT2D eigenvalue weighted by molar-refractivity contribution is 5.71. The molecule has 6 nitrogen and oxygen atoms in total. The molecule has 0 saturated heterocycles. The van der Waals surface area contributed by atoms with Crippen LogP contribution in [0.15, 0.2) is 109 Å². The molecule has 0 aromatic rings. The number of unbranched alkanes of at least 4 members (excludes halogenated alkanes) is 32. The second-order valence-electron chi connectivity index (χ2n) is 22.4. The van der Waals surface area contributed by atoms with Crippen LogP contribution in [0.25, 0.3) is 0 Å². The highest BCUT2D eigenvalue weighted by Gasteiger charge is 2.19. The minimum Gasteiger partial charge on any atom is -0.462 e. The molecule has 0 N–H and O–H groups in total. The summed E-state index contributed by atoms with van der Waals surface area (Å²) >= 11 is 0. The predicted octanol–water partition coefficient (Wildman–Crippen LogP) is 23.4.